The first kappa shape index (κ1) is 21.5. The molecule has 2 aromatic rings. The molecule has 1 unspecified atom stereocenters. The lowest BCUT2D eigenvalue weighted by atomic mass is 10.1. The molecular weight excluding hydrogens is 412 g/mol. The van der Waals surface area contributed by atoms with Crippen LogP contribution >= 0.6 is 11.6 Å². The molecule has 1 atom stereocenters. The molecule has 8 heteroatoms. The number of halogens is 1. The molecule has 6 nitrogen and oxygen atoms in total. The number of anilines is 1. The van der Waals surface area contributed by atoms with Gasteiger partial charge in [0.2, 0.25) is 0 Å². The average Bonchev–Trinajstić information content (AvgIpc) is 2.77. The molecular formula is C21H25ClN2O4S. The molecule has 1 aliphatic heterocycles. The number of sulfonamides is 1. The fourth-order valence-electron chi connectivity index (χ4n) is 3.09. The van der Waals surface area contributed by atoms with Crippen LogP contribution in [0.1, 0.15) is 32.8 Å². The van der Waals surface area contributed by atoms with Crippen LogP contribution in [-0.2, 0) is 21.4 Å². The quantitative estimate of drug-likeness (QED) is 0.732. The van der Waals surface area contributed by atoms with Gasteiger partial charge < -0.3 is 9.64 Å². The fraction of sp³-hybridized carbons (Fsp3) is 0.381. The van der Waals surface area contributed by atoms with E-state index in [9.17, 15) is 13.2 Å². The van der Waals surface area contributed by atoms with Crippen molar-refractivity contribution < 1.29 is 17.9 Å². The number of nitrogens with zero attached hydrogens (tertiary/aromatic N) is 1. The van der Waals surface area contributed by atoms with Gasteiger partial charge in [0.05, 0.1) is 4.90 Å². The first-order valence-electron chi connectivity index (χ1n) is 9.52. The first-order valence-corrected chi connectivity index (χ1v) is 11.4. The van der Waals surface area contributed by atoms with Gasteiger partial charge in [0.25, 0.3) is 15.9 Å². The molecule has 0 spiro atoms. The van der Waals surface area contributed by atoms with Crippen molar-refractivity contribution >= 4 is 33.2 Å². The van der Waals surface area contributed by atoms with Crippen molar-refractivity contribution in [3.8, 4) is 5.75 Å². The van der Waals surface area contributed by atoms with Crippen molar-refractivity contribution in [2.45, 2.75) is 44.7 Å². The van der Waals surface area contributed by atoms with E-state index >= 15 is 0 Å². The van der Waals surface area contributed by atoms with Crippen LogP contribution in [0.4, 0.5) is 5.69 Å². The maximum absolute atomic E-state index is 12.6. The second-order valence-electron chi connectivity index (χ2n) is 7.58. The number of benzene rings is 2. The predicted molar refractivity (Wildman–Crippen MR) is 114 cm³/mol. The van der Waals surface area contributed by atoms with Crippen LogP contribution in [0.2, 0.25) is 5.02 Å². The van der Waals surface area contributed by atoms with Crippen LogP contribution < -0.4 is 9.46 Å². The van der Waals surface area contributed by atoms with E-state index in [0.29, 0.717) is 35.5 Å². The molecule has 0 bridgehead atoms. The van der Waals surface area contributed by atoms with E-state index in [1.165, 1.54) is 24.3 Å². The number of carbonyl (C=O) groups is 1. The normalized spacial score (nSPS) is 16.9. The van der Waals surface area contributed by atoms with Crippen LogP contribution in [0.3, 0.4) is 0 Å². The van der Waals surface area contributed by atoms with Gasteiger partial charge in [0, 0.05) is 29.4 Å². The molecule has 0 saturated heterocycles. The highest BCUT2D eigenvalue weighted by atomic mass is 35.5. The molecule has 1 aliphatic rings. The molecule has 0 aromatic heterocycles. The van der Waals surface area contributed by atoms with Crippen LogP contribution in [0.15, 0.2) is 47.4 Å². The molecule has 0 fully saturated rings. The molecule has 3 rings (SSSR count). The smallest absolute Gasteiger partial charge is 0.263 e. The van der Waals surface area contributed by atoms with E-state index in [2.05, 4.69) is 18.6 Å². The summed E-state index contributed by atoms with van der Waals surface area (Å²) >= 11 is 5.84. The third kappa shape index (κ3) is 5.22. The molecule has 1 N–H and O–H groups in total. The lowest BCUT2D eigenvalue weighted by molar-refractivity contribution is -0.137. The van der Waals surface area contributed by atoms with Crippen LogP contribution in [-0.4, -0.2) is 31.9 Å². The largest absolute Gasteiger partial charge is 0.481 e. The van der Waals surface area contributed by atoms with Crippen molar-refractivity contribution in [1.82, 2.24) is 4.90 Å². The monoisotopic (exact) mass is 436 g/mol. The Labute approximate surface area is 176 Å². The molecule has 1 heterocycles. The summed E-state index contributed by atoms with van der Waals surface area (Å²) in [5, 5.41) is 0.464. The Morgan fingerprint density at radius 1 is 1.21 bits per heavy atom. The molecule has 2 aromatic carbocycles. The topological polar surface area (TPSA) is 75.7 Å². The van der Waals surface area contributed by atoms with Gasteiger partial charge >= 0.3 is 0 Å². The highest BCUT2D eigenvalue weighted by Gasteiger charge is 2.28. The lowest BCUT2D eigenvalue weighted by Crippen LogP contribution is -2.38. The lowest BCUT2D eigenvalue weighted by Gasteiger charge is -2.23. The van der Waals surface area contributed by atoms with Gasteiger partial charge in [0.15, 0.2) is 6.10 Å². The summed E-state index contributed by atoms with van der Waals surface area (Å²) in [5.74, 6) is 0.997. The Bertz CT molecular complexity index is 990. The highest BCUT2D eigenvalue weighted by molar-refractivity contribution is 7.92. The van der Waals surface area contributed by atoms with E-state index in [1.807, 2.05) is 0 Å². The molecule has 156 valence electrons. The zero-order chi connectivity index (χ0) is 21.2. The van der Waals surface area contributed by atoms with Gasteiger partial charge in [-0.2, -0.15) is 0 Å². The summed E-state index contributed by atoms with van der Waals surface area (Å²) < 4.78 is 33.7. The second kappa shape index (κ2) is 8.63. The van der Waals surface area contributed by atoms with Gasteiger partial charge in [-0.3, -0.25) is 9.52 Å². The Morgan fingerprint density at radius 2 is 1.90 bits per heavy atom. The number of hydrogen-bond donors (Lipinski definition) is 1. The third-order valence-electron chi connectivity index (χ3n) is 4.74. The summed E-state index contributed by atoms with van der Waals surface area (Å²) in [6, 6.07) is 11.0. The van der Waals surface area contributed by atoms with E-state index < -0.39 is 16.1 Å². The van der Waals surface area contributed by atoms with Crippen molar-refractivity contribution in [3.63, 3.8) is 0 Å². The van der Waals surface area contributed by atoms with Crippen molar-refractivity contribution in [2.24, 2.45) is 5.92 Å². The van der Waals surface area contributed by atoms with Gasteiger partial charge in [-0.1, -0.05) is 25.4 Å². The Kier molecular flexibility index (Phi) is 6.39. The standard InChI is InChI=1S/C21H25ClN2O4S/c1-14(2)10-11-24-13-16-12-18(6-9-20(16)28-15(3)21(24)25)23-29(26,27)19-7-4-17(22)5-8-19/h4-9,12,14-15,23H,10-11,13H2,1-3H3. The Morgan fingerprint density at radius 3 is 2.55 bits per heavy atom. The fourth-order valence-corrected chi connectivity index (χ4v) is 4.27. The maximum atomic E-state index is 12.6. The number of nitrogens with one attached hydrogen (secondary N) is 1. The minimum absolute atomic E-state index is 0.0647. The maximum Gasteiger partial charge on any atom is 0.263 e. The number of carbonyl (C=O) groups excluding carboxylic acids is 1. The zero-order valence-electron chi connectivity index (χ0n) is 16.7. The zero-order valence-corrected chi connectivity index (χ0v) is 18.3. The molecule has 0 aliphatic carbocycles. The molecule has 0 radical (unpaired) electrons. The number of hydrogen-bond acceptors (Lipinski definition) is 4. The van der Waals surface area contributed by atoms with Crippen molar-refractivity contribution in [1.29, 1.82) is 0 Å². The predicted octanol–water partition coefficient (Wildman–Crippen LogP) is 4.30. The van der Waals surface area contributed by atoms with Crippen molar-refractivity contribution in [3.05, 3.63) is 53.1 Å². The number of ether oxygens (including phenoxy) is 1. The SMILES string of the molecule is CC(C)CCN1Cc2cc(NS(=O)(=O)c3ccc(Cl)cc3)ccc2OC(C)C1=O. The van der Waals surface area contributed by atoms with Gasteiger partial charge in [-0.15, -0.1) is 0 Å². The number of rotatable bonds is 6. The van der Waals surface area contributed by atoms with Crippen LogP contribution in [0.5, 0.6) is 5.75 Å². The number of fused-ring (bicyclic) bond motifs is 1. The first-order chi connectivity index (χ1) is 13.7. The van der Waals surface area contributed by atoms with E-state index in [-0.39, 0.29) is 10.8 Å². The minimum atomic E-state index is -3.75. The highest BCUT2D eigenvalue weighted by Crippen LogP contribution is 2.30. The van der Waals surface area contributed by atoms with Crippen LogP contribution in [0, 0.1) is 5.92 Å². The Balaban J connectivity index is 1.85. The van der Waals surface area contributed by atoms with E-state index in [4.69, 9.17) is 16.3 Å². The van der Waals surface area contributed by atoms with Crippen molar-refractivity contribution in [2.75, 3.05) is 11.3 Å². The van der Waals surface area contributed by atoms with Gasteiger partial charge in [-0.25, -0.2) is 8.42 Å². The Hall–Kier alpha value is -2.25. The minimum Gasteiger partial charge on any atom is -0.481 e. The molecule has 1 amide bonds. The summed E-state index contributed by atoms with van der Waals surface area (Å²) in [6.07, 6.45) is 0.302. The molecule has 29 heavy (non-hydrogen) atoms. The van der Waals surface area contributed by atoms with Gasteiger partial charge in [0.1, 0.15) is 5.75 Å². The summed E-state index contributed by atoms with van der Waals surface area (Å²) in [7, 11) is -3.75. The number of amides is 1. The summed E-state index contributed by atoms with van der Waals surface area (Å²) in [6.45, 7) is 6.96. The average molecular weight is 437 g/mol. The summed E-state index contributed by atoms with van der Waals surface area (Å²) in [4.78, 5) is 14.5. The van der Waals surface area contributed by atoms with E-state index in [1.54, 1.807) is 30.0 Å². The summed E-state index contributed by atoms with van der Waals surface area (Å²) in [5.41, 5.74) is 1.18. The van der Waals surface area contributed by atoms with Gasteiger partial charge in [-0.05, 0) is 61.7 Å². The second-order valence-corrected chi connectivity index (χ2v) is 9.70. The third-order valence-corrected chi connectivity index (χ3v) is 6.39. The van der Waals surface area contributed by atoms with E-state index in [0.717, 1.165) is 12.0 Å². The molecule has 0 saturated carbocycles. The van der Waals surface area contributed by atoms with Crippen LogP contribution in [0.25, 0.3) is 0 Å².